The third kappa shape index (κ3) is 5.56. The number of benzene rings is 2. The summed E-state index contributed by atoms with van der Waals surface area (Å²) in [6, 6.07) is 15.1. The fourth-order valence-electron chi connectivity index (χ4n) is 4.66. The number of rotatable bonds is 8. The summed E-state index contributed by atoms with van der Waals surface area (Å²) in [4.78, 5) is 33.7. The lowest BCUT2D eigenvalue weighted by molar-refractivity contribution is -0.138. The van der Waals surface area contributed by atoms with Gasteiger partial charge in [0.2, 0.25) is 0 Å². The Morgan fingerprint density at radius 2 is 1.79 bits per heavy atom. The molecule has 0 fully saturated rings. The summed E-state index contributed by atoms with van der Waals surface area (Å²) >= 11 is 1.31. The van der Waals surface area contributed by atoms with E-state index < -0.39 is 18.0 Å². The lowest BCUT2D eigenvalue weighted by Gasteiger charge is -2.35. The fraction of sp³-hybridized carbons (Fsp3) is 0.207. The number of anilines is 2. The Morgan fingerprint density at radius 3 is 2.51 bits per heavy atom. The van der Waals surface area contributed by atoms with Crippen molar-refractivity contribution < 1.29 is 19.1 Å². The number of imidazole rings is 1. The van der Waals surface area contributed by atoms with E-state index in [0.717, 1.165) is 34.7 Å². The quantitative estimate of drug-likeness (QED) is 0.274. The number of allylic oxidation sites excluding steroid dienone is 2. The van der Waals surface area contributed by atoms with Crippen LogP contribution in [0.15, 0.2) is 89.5 Å². The summed E-state index contributed by atoms with van der Waals surface area (Å²) in [5.74, 6) is -0.109. The van der Waals surface area contributed by atoms with Crippen LogP contribution in [0.5, 0.6) is 0 Å². The first-order valence-electron chi connectivity index (χ1n) is 12.4. The highest BCUT2D eigenvalue weighted by atomic mass is 32.2. The van der Waals surface area contributed by atoms with Crippen LogP contribution in [-0.4, -0.2) is 41.7 Å². The summed E-state index contributed by atoms with van der Waals surface area (Å²) in [7, 11) is 1.33. The van der Waals surface area contributed by atoms with Crippen molar-refractivity contribution in [3.63, 3.8) is 0 Å². The van der Waals surface area contributed by atoms with E-state index in [1.807, 2.05) is 65.1 Å². The molecule has 0 spiro atoms. The molecule has 39 heavy (non-hydrogen) atoms. The van der Waals surface area contributed by atoms with Gasteiger partial charge in [-0.05, 0) is 43.2 Å². The largest absolute Gasteiger partial charge is 0.466 e. The van der Waals surface area contributed by atoms with Gasteiger partial charge >= 0.3 is 11.9 Å². The molecule has 3 heterocycles. The lowest BCUT2D eigenvalue weighted by Crippen LogP contribution is -2.44. The summed E-state index contributed by atoms with van der Waals surface area (Å²) in [5.41, 5.74) is 5.84. The number of fused-ring (bicyclic) bond motifs is 1. The minimum absolute atomic E-state index is 0.0781. The van der Waals surface area contributed by atoms with Crippen molar-refractivity contribution in [1.82, 2.24) is 15.3 Å². The summed E-state index contributed by atoms with van der Waals surface area (Å²) < 4.78 is 15.9. The van der Waals surface area contributed by atoms with Gasteiger partial charge < -0.3 is 24.5 Å². The van der Waals surface area contributed by atoms with Gasteiger partial charge in [0.15, 0.2) is 0 Å². The Bertz CT molecular complexity index is 1460. The van der Waals surface area contributed by atoms with E-state index in [0.29, 0.717) is 22.5 Å². The maximum absolute atomic E-state index is 13.5. The minimum atomic E-state index is -0.710. The maximum Gasteiger partial charge on any atom is 0.338 e. The first-order valence-corrected chi connectivity index (χ1v) is 13.2. The molecule has 200 valence electrons. The molecule has 2 aliphatic heterocycles. The summed E-state index contributed by atoms with van der Waals surface area (Å²) in [6.45, 7) is 3.68. The van der Waals surface area contributed by atoms with Gasteiger partial charge in [-0.1, -0.05) is 42.5 Å². The molecule has 1 atom stereocenters. The zero-order valence-corrected chi connectivity index (χ0v) is 22.7. The van der Waals surface area contributed by atoms with E-state index in [-0.39, 0.29) is 6.61 Å². The van der Waals surface area contributed by atoms with Crippen LogP contribution in [0.2, 0.25) is 0 Å². The van der Waals surface area contributed by atoms with Gasteiger partial charge in [0.1, 0.15) is 18.5 Å². The predicted molar refractivity (Wildman–Crippen MR) is 152 cm³/mol. The van der Waals surface area contributed by atoms with Crippen molar-refractivity contribution in [2.45, 2.75) is 26.3 Å². The van der Waals surface area contributed by atoms with Crippen molar-refractivity contribution in [3.05, 3.63) is 106 Å². The van der Waals surface area contributed by atoms with Crippen LogP contribution in [0.1, 0.15) is 30.8 Å². The molecular formula is C29H29N5O4S. The molecule has 0 radical (unpaired) electrons. The van der Waals surface area contributed by atoms with E-state index in [1.165, 1.54) is 19.2 Å². The number of nitrogens with zero attached hydrogens (tertiary/aromatic N) is 2. The Hall–Kier alpha value is -4.44. The van der Waals surface area contributed by atoms with Gasteiger partial charge in [0.25, 0.3) is 0 Å². The van der Waals surface area contributed by atoms with Gasteiger partial charge in [-0.2, -0.15) is 0 Å². The van der Waals surface area contributed by atoms with Crippen molar-refractivity contribution in [3.8, 4) is 0 Å². The van der Waals surface area contributed by atoms with E-state index in [9.17, 15) is 9.59 Å². The van der Waals surface area contributed by atoms with Crippen molar-refractivity contribution in [1.29, 1.82) is 0 Å². The third-order valence-corrected chi connectivity index (χ3v) is 7.43. The number of aromatic amines is 1. The number of hydrogen-bond donors (Lipinski definition) is 3. The second-order valence-electron chi connectivity index (χ2n) is 9.09. The van der Waals surface area contributed by atoms with Crippen molar-refractivity contribution in [2.75, 3.05) is 22.7 Å². The Morgan fingerprint density at radius 1 is 1.05 bits per heavy atom. The smallest absolute Gasteiger partial charge is 0.338 e. The van der Waals surface area contributed by atoms with E-state index in [1.54, 1.807) is 26.1 Å². The van der Waals surface area contributed by atoms with Crippen LogP contribution >= 0.6 is 12.1 Å². The van der Waals surface area contributed by atoms with Gasteiger partial charge in [-0.15, -0.1) is 0 Å². The average molecular weight is 544 g/mol. The van der Waals surface area contributed by atoms with Crippen LogP contribution in [0.3, 0.4) is 0 Å². The number of H-pyrrole nitrogens is 1. The van der Waals surface area contributed by atoms with Crippen LogP contribution in [0.4, 0.5) is 11.4 Å². The monoisotopic (exact) mass is 543 g/mol. The molecule has 2 aliphatic rings. The van der Waals surface area contributed by atoms with Crippen LogP contribution in [0, 0.1) is 0 Å². The second kappa shape index (κ2) is 11.5. The number of carbonyl (C=O) groups excluding carboxylic acids is 2. The highest BCUT2D eigenvalue weighted by Gasteiger charge is 2.43. The molecule has 0 amide bonds. The molecule has 5 rings (SSSR count). The highest BCUT2D eigenvalue weighted by Crippen LogP contribution is 2.45. The highest BCUT2D eigenvalue weighted by molar-refractivity contribution is 8.02. The van der Waals surface area contributed by atoms with Crippen LogP contribution in [0.25, 0.3) is 6.08 Å². The third-order valence-electron chi connectivity index (χ3n) is 6.51. The Balaban J connectivity index is 1.31. The first-order chi connectivity index (χ1) is 19.0. The molecule has 3 aromatic rings. The number of esters is 2. The molecule has 2 aromatic carbocycles. The lowest BCUT2D eigenvalue weighted by atomic mass is 9.91. The molecule has 1 aromatic heterocycles. The summed E-state index contributed by atoms with van der Waals surface area (Å²) in [6.07, 6.45) is 7.98. The topological polar surface area (TPSA) is 109 Å². The number of aromatic nitrogens is 2. The van der Waals surface area contributed by atoms with Gasteiger partial charge in [-0.3, -0.25) is 4.31 Å². The van der Waals surface area contributed by atoms with Crippen LogP contribution < -0.4 is 14.3 Å². The SMILES string of the molecule is COC(=O)C1=C(C)NC(C)=C(C(=O)OCC=Cc2ccc(Cc3ncc[nH]3)cc2)C1N1SNc2ccccc21. The number of ether oxygens (including phenoxy) is 2. The number of para-hydroxylation sites is 2. The molecule has 0 saturated carbocycles. The maximum atomic E-state index is 13.5. The number of dihydropyridines is 1. The molecule has 3 N–H and O–H groups in total. The number of carbonyl (C=O) groups is 2. The normalized spacial score (nSPS) is 16.7. The van der Waals surface area contributed by atoms with Crippen LogP contribution in [-0.2, 0) is 25.5 Å². The zero-order valence-electron chi connectivity index (χ0n) is 21.9. The Labute approximate surface area is 231 Å². The number of hydrogen-bond acceptors (Lipinski definition) is 9. The molecule has 0 bridgehead atoms. The molecule has 0 saturated heterocycles. The Kier molecular flexibility index (Phi) is 7.74. The molecule has 9 nitrogen and oxygen atoms in total. The van der Waals surface area contributed by atoms with Crippen molar-refractivity contribution in [2.24, 2.45) is 0 Å². The molecule has 10 heteroatoms. The number of nitrogens with one attached hydrogen (secondary N) is 3. The molecule has 0 aliphatic carbocycles. The van der Waals surface area contributed by atoms with Gasteiger partial charge in [-0.25, -0.2) is 14.6 Å². The first kappa shape index (κ1) is 26.2. The fourth-order valence-corrected chi connectivity index (χ4v) is 5.60. The molecular weight excluding hydrogens is 514 g/mol. The summed E-state index contributed by atoms with van der Waals surface area (Å²) in [5, 5.41) is 3.17. The van der Waals surface area contributed by atoms with E-state index in [2.05, 4.69) is 20.0 Å². The second-order valence-corrected chi connectivity index (χ2v) is 9.87. The van der Waals surface area contributed by atoms with Gasteiger partial charge in [0.05, 0.1) is 41.8 Å². The van der Waals surface area contributed by atoms with Gasteiger partial charge in [0, 0.05) is 30.2 Å². The molecule has 1 unspecified atom stereocenters. The number of methoxy groups -OCH3 is 1. The van der Waals surface area contributed by atoms with E-state index in [4.69, 9.17) is 9.47 Å². The zero-order chi connectivity index (χ0) is 27.4. The minimum Gasteiger partial charge on any atom is -0.466 e. The standard InChI is InChI=1S/C29H29N5O4S/c1-18-25(28(35)37-3)27(34-23-9-5-4-8-22(23)33-39-34)26(19(2)32-18)29(36)38-16-6-7-20-10-12-21(13-11-20)17-24-30-14-15-31-24/h4-15,27,32-33H,16-17H2,1-3H3,(H,30,31). The van der Waals surface area contributed by atoms with Crippen molar-refractivity contribution >= 4 is 41.5 Å². The average Bonchev–Trinajstić information content (AvgIpc) is 3.61. The predicted octanol–water partition coefficient (Wildman–Crippen LogP) is 4.75. The van der Waals surface area contributed by atoms with E-state index >= 15 is 0 Å².